The van der Waals surface area contributed by atoms with Gasteiger partial charge in [0.1, 0.15) is 11.4 Å². The first-order valence-electron chi connectivity index (χ1n) is 12.8. The van der Waals surface area contributed by atoms with E-state index in [1.807, 2.05) is 23.1 Å². The summed E-state index contributed by atoms with van der Waals surface area (Å²) in [5, 5.41) is 3.66. The molecule has 1 saturated heterocycles. The molecular formula is C26H44N4O2. The molecule has 0 aromatic heterocycles. The minimum Gasteiger partial charge on any atom is -0.491 e. The summed E-state index contributed by atoms with van der Waals surface area (Å²) in [7, 11) is 0. The van der Waals surface area contributed by atoms with E-state index in [0.717, 1.165) is 64.0 Å². The quantitative estimate of drug-likeness (QED) is 0.320. The summed E-state index contributed by atoms with van der Waals surface area (Å²) < 4.78 is 6.15. The molecule has 180 valence electrons. The molecule has 0 bridgehead atoms. The van der Waals surface area contributed by atoms with E-state index in [1.54, 1.807) is 0 Å². The van der Waals surface area contributed by atoms with Crippen molar-refractivity contribution in [3.8, 4) is 5.75 Å². The van der Waals surface area contributed by atoms with Gasteiger partial charge in [-0.15, -0.1) is 0 Å². The number of hydrogen-bond acceptors (Lipinski definition) is 5. The summed E-state index contributed by atoms with van der Waals surface area (Å²) in [6.07, 6.45) is 8.88. The van der Waals surface area contributed by atoms with Crippen molar-refractivity contribution in [1.82, 2.24) is 4.90 Å². The summed E-state index contributed by atoms with van der Waals surface area (Å²) in [5.74, 6) is 1.71. The molecule has 2 unspecified atom stereocenters. The smallest absolute Gasteiger partial charge is 0.225 e. The molecule has 1 aromatic carbocycles. The molecule has 1 fully saturated rings. The molecular weight excluding hydrogens is 400 g/mol. The Hall–Kier alpha value is -2.11. The Labute approximate surface area is 195 Å². The largest absolute Gasteiger partial charge is 0.491 e. The lowest BCUT2D eigenvalue weighted by molar-refractivity contribution is -0.136. The predicted octanol–water partition coefficient (Wildman–Crippen LogP) is 6.81. The highest BCUT2D eigenvalue weighted by Gasteiger charge is 2.26. The lowest BCUT2D eigenvalue weighted by Gasteiger charge is -2.37. The first-order valence-corrected chi connectivity index (χ1v) is 12.8. The molecule has 0 aliphatic carbocycles. The van der Waals surface area contributed by atoms with Gasteiger partial charge in [-0.3, -0.25) is 4.79 Å². The third-order valence-electron chi connectivity index (χ3n) is 6.79. The van der Waals surface area contributed by atoms with Crippen LogP contribution in [0.3, 0.4) is 0 Å². The monoisotopic (exact) mass is 444 g/mol. The summed E-state index contributed by atoms with van der Waals surface area (Å²) in [4.78, 5) is 17.3. The van der Waals surface area contributed by atoms with E-state index >= 15 is 0 Å². The van der Waals surface area contributed by atoms with Gasteiger partial charge in [-0.05, 0) is 37.3 Å². The molecule has 32 heavy (non-hydrogen) atoms. The van der Waals surface area contributed by atoms with Crippen LogP contribution in [0.25, 0.3) is 0 Å². The summed E-state index contributed by atoms with van der Waals surface area (Å²) >= 11 is 0. The highest BCUT2D eigenvalue weighted by molar-refractivity contribution is 5.79. The van der Waals surface area contributed by atoms with Crippen molar-refractivity contribution in [2.45, 2.75) is 79.1 Å². The number of rotatable bonds is 14. The molecule has 6 heteroatoms. The Bertz CT molecular complexity index is 701. The second-order valence-corrected chi connectivity index (χ2v) is 9.05. The molecule has 0 saturated carbocycles. The SMILES string of the molecule is CCCCC(CC)COc1cc(N2CCN(C(=O)C(CC)CCCC)CC2)ccc1N=N. The molecule has 2 rings (SSSR count). The van der Waals surface area contributed by atoms with Crippen LogP contribution in [0.4, 0.5) is 11.4 Å². The second-order valence-electron chi connectivity index (χ2n) is 9.05. The molecule has 1 aromatic rings. The van der Waals surface area contributed by atoms with Gasteiger partial charge >= 0.3 is 0 Å². The molecule has 0 radical (unpaired) electrons. The molecule has 1 N–H and O–H groups in total. The zero-order valence-corrected chi connectivity index (χ0v) is 20.7. The fourth-order valence-corrected chi connectivity index (χ4v) is 4.41. The maximum absolute atomic E-state index is 12.9. The van der Waals surface area contributed by atoms with E-state index < -0.39 is 0 Å². The average molecular weight is 445 g/mol. The van der Waals surface area contributed by atoms with Crippen LogP contribution in [0.2, 0.25) is 0 Å². The highest BCUT2D eigenvalue weighted by Crippen LogP contribution is 2.33. The Morgan fingerprint density at radius 3 is 2.31 bits per heavy atom. The van der Waals surface area contributed by atoms with Crippen molar-refractivity contribution in [2.75, 3.05) is 37.7 Å². The number of nitrogens with zero attached hydrogens (tertiary/aromatic N) is 3. The zero-order chi connectivity index (χ0) is 23.3. The van der Waals surface area contributed by atoms with E-state index in [4.69, 9.17) is 10.3 Å². The molecule has 0 spiro atoms. The predicted molar refractivity (Wildman–Crippen MR) is 132 cm³/mol. The number of ether oxygens (including phenoxy) is 1. The Kier molecular flexibility index (Phi) is 11.5. The van der Waals surface area contributed by atoms with E-state index in [1.165, 1.54) is 19.3 Å². The summed E-state index contributed by atoms with van der Waals surface area (Å²) in [6, 6.07) is 5.91. The number of unbranched alkanes of at least 4 members (excludes halogenated alkanes) is 2. The van der Waals surface area contributed by atoms with Crippen LogP contribution in [0.15, 0.2) is 23.3 Å². The van der Waals surface area contributed by atoms with Crippen molar-refractivity contribution in [2.24, 2.45) is 17.0 Å². The Balaban J connectivity index is 1.98. The van der Waals surface area contributed by atoms with Crippen LogP contribution >= 0.6 is 0 Å². The van der Waals surface area contributed by atoms with Crippen molar-refractivity contribution in [3.63, 3.8) is 0 Å². The Morgan fingerprint density at radius 2 is 1.72 bits per heavy atom. The maximum atomic E-state index is 12.9. The third kappa shape index (κ3) is 7.49. The average Bonchev–Trinajstić information content (AvgIpc) is 2.84. The molecule has 1 aliphatic rings. The lowest BCUT2D eigenvalue weighted by atomic mass is 9.97. The number of carbonyl (C=O) groups excluding carboxylic acids is 1. The molecule has 1 aliphatic heterocycles. The summed E-state index contributed by atoms with van der Waals surface area (Å²) in [5.41, 5.74) is 9.17. The fourth-order valence-electron chi connectivity index (χ4n) is 4.41. The zero-order valence-electron chi connectivity index (χ0n) is 20.7. The molecule has 1 amide bonds. The number of carbonyl (C=O) groups is 1. The van der Waals surface area contributed by atoms with Crippen LogP contribution in [0.5, 0.6) is 5.75 Å². The van der Waals surface area contributed by atoms with Crippen molar-refractivity contribution in [1.29, 1.82) is 5.53 Å². The van der Waals surface area contributed by atoms with Crippen LogP contribution < -0.4 is 9.64 Å². The van der Waals surface area contributed by atoms with E-state index in [2.05, 4.69) is 37.7 Å². The van der Waals surface area contributed by atoms with E-state index in [0.29, 0.717) is 29.9 Å². The Morgan fingerprint density at radius 1 is 1.03 bits per heavy atom. The van der Waals surface area contributed by atoms with Crippen molar-refractivity contribution < 1.29 is 9.53 Å². The molecule has 2 atom stereocenters. The normalized spacial score (nSPS) is 16.0. The molecule has 6 nitrogen and oxygen atoms in total. The van der Waals surface area contributed by atoms with Crippen molar-refractivity contribution in [3.05, 3.63) is 18.2 Å². The number of anilines is 1. The number of amides is 1. The van der Waals surface area contributed by atoms with Gasteiger partial charge in [-0.1, -0.05) is 59.8 Å². The minimum absolute atomic E-state index is 0.165. The van der Waals surface area contributed by atoms with Gasteiger partial charge in [-0.25, -0.2) is 5.53 Å². The third-order valence-corrected chi connectivity index (χ3v) is 6.79. The van der Waals surface area contributed by atoms with Crippen molar-refractivity contribution >= 4 is 17.3 Å². The number of piperazine rings is 1. The second kappa shape index (κ2) is 14.1. The maximum Gasteiger partial charge on any atom is 0.225 e. The van der Waals surface area contributed by atoms with Crippen LogP contribution in [-0.4, -0.2) is 43.6 Å². The lowest BCUT2D eigenvalue weighted by Crippen LogP contribution is -2.50. The number of benzene rings is 1. The van der Waals surface area contributed by atoms with Crippen LogP contribution in [0, 0.1) is 17.4 Å². The fraction of sp³-hybridized carbons (Fsp3) is 0.731. The number of hydrogen-bond donors (Lipinski definition) is 1. The van der Waals surface area contributed by atoms with Gasteiger partial charge in [-0.2, -0.15) is 5.11 Å². The number of nitrogens with one attached hydrogen (secondary N) is 1. The first kappa shape index (κ1) is 26.1. The highest BCUT2D eigenvalue weighted by atomic mass is 16.5. The van der Waals surface area contributed by atoms with Gasteiger partial charge in [0, 0.05) is 43.9 Å². The van der Waals surface area contributed by atoms with Gasteiger partial charge in [0.25, 0.3) is 0 Å². The van der Waals surface area contributed by atoms with Crippen LogP contribution in [0.1, 0.15) is 79.1 Å². The van der Waals surface area contributed by atoms with Gasteiger partial charge in [0.2, 0.25) is 5.91 Å². The standard InChI is InChI=1S/C26H44N4O2/c1-5-9-11-21(7-3)20-32-25-19-23(13-14-24(25)28-27)29-15-17-30(18-16-29)26(31)22(8-4)12-10-6-2/h13-14,19,21-22,27H,5-12,15-18,20H2,1-4H3. The summed E-state index contributed by atoms with van der Waals surface area (Å²) in [6.45, 7) is 12.6. The van der Waals surface area contributed by atoms with E-state index in [9.17, 15) is 4.79 Å². The minimum atomic E-state index is 0.165. The first-order chi connectivity index (χ1) is 15.6. The van der Waals surface area contributed by atoms with Crippen LogP contribution in [-0.2, 0) is 4.79 Å². The topological polar surface area (TPSA) is 69.0 Å². The molecule has 1 heterocycles. The van der Waals surface area contributed by atoms with Gasteiger partial charge in [0.05, 0.1) is 6.61 Å². The van der Waals surface area contributed by atoms with E-state index in [-0.39, 0.29) is 5.92 Å². The van der Waals surface area contributed by atoms with Gasteiger partial charge < -0.3 is 14.5 Å². The van der Waals surface area contributed by atoms with Gasteiger partial charge in [0.15, 0.2) is 0 Å².